The van der Waals surface area contributed by atoms with E-state index in [4.69, 9.17) is 9.52 Å². The van der Waals surface area contributed by atoms with Gasteiger partial charge in [-0.15, -0.1) is 5.10 Å². The van der Waals surface area contributed by atoms with Crippen molar-refractivity contribution < 1.29 is 14.3 Å². The fourth-order valence-corrected chi connectivity index (χ4v) is 1.42. The predicted molar refractivity (Wildman–Crippen MR) is 44.6 cm³/mol. The van der Waals surface area contributed by atoms with Crippen molar-refractivity contribution in [2.24, 2.45) is 0 Å². The Labute approximate surface area is 76.8 Å². The highest BCUT2D eigenvalue weighted by Gasteiger charge is 2.18. The van der Waals surface area contributed by atoms with E-state index in [-0.39, 0.29) is 10.6 Å². The highest BCUT2D eigenvalue weighted by molar-refractivity contribution is 7.08. The van der Waals surface area contributed by atoms with Gasteiger partial charge >= 0.3 is 5.97 Å². The molecule has 13 heavy (non-hydrogen) atoms. The van der Waals surface area contributed by atoms with Gasteiger partial charge in [0.15, 0.2) is 16.3 Å². The number of carboxylic acids is 1. The summed E-state index contributed by atoms with van der Waals surface area (Å²) in [7, 11) is 0. The third kappa shape index (κ3) is 1.31. The van der Waals surface area contributed by atoms with Crippen molar-refractivity contribution in [3.8, 4) is 11.5 Å². The van der Waals surface area contributed by atoms with Gasteiger partial charge < -0.3 is 9.52 Å². The summed E-state index contributed by atoms with van der Waals surface area (Å²) < 4.78 is 8.56. The Balaban J connectivity index is 2.52. The Morgan fingerprint density at radius 2 is 2.46 bits per heavy atom. The minimum atomic E-state index is -1.04. The van der Waals surface area contributed by atoms with Crippen LogP contribution >= 0.6 is 11.5 Å². The Kier molecular flexibility index (Phi) is 1.82. The fraction of sp³-hybridized carbons (Fsp3) is 0. The van der Waals surface area contributed by atoms with Crippen LogP contribution in [0.25, 0.3) is 11.5 Å². The predicted octanol–water partition coefficient (Wildman–Crippen LogP) is 1.50. The second-order valence-corrected chi connectivity index (χ2v) is 2.99. The molecule has 2 heterocycles. The number of hydrogen-bond acceptors (Lipinski definition) is 5. The highest BCUT2D eigenvalue weighted by Crippen LogP contribution is 2.23. The Bertz CT molecular complexity index is 421. The number of aromatic nitrogens is 2. The first kappa shape index (κ1) is 7.93. The van der Waals surface area contributed by atoms with Crippen LogP contribution in [0.3, 0.4) is 0 Å². The van der Waals surface area contributed by atoms with Crippen LogP contribution in [0.5, 0.6) is 0 Å². The van der Waals surface area contributed by atoms with Crippen molar-refractivity contribution >= 4 is 17.5 Å². The number of hydrogen-bond donors (Lipinski definition) is 1. The summed E-state index contributed by atoms with van der Waals surface area (Å²) in [5, 5.41) is 12.4. The summed E-state index contributed by atoms with van der Waals surface area (Å²) in [4.78, 5) is 10.8. The number of nitrogens with zero attached hydrogens (tertiary/aromatic N) is 2. The lowest BCUT2D eigenvalue weighted by atomic mass is 10.3. The van der Waals surface area contributed by atoms with E-state index in [1.54, 1.807) is 12.1 Å². The Morgan fingerprint density at radius 1 is 1.62 bits per heavy atom. The van der Waals surface area contributed by atoms with Crippen molar-refractivity contribution in [1.82, 2.24) is 9.59 Å². The molecule has 0 aromatic carbocycles. The topological polar surface area (TPSA) is 76.2 Å². The molecule has 5 nitrogen and oxygen atoms in total. The van der Waals surface area contributed by atoms with Gasteiger partial charge in [-0.2, -0.15) is 0 Å². The summed E-state index contributed by atoms with van der Waals surface area (Å²) in [5.41, 5.74) is 0.280. The van der Waals surface area contributed by atoms with E-state index >= 15 is 0 Å². The molecule has 0 atom stereocenters. The largest absolute Gasteiger partial charge is 0.477 e. The Morgan fingerprint density at radius 3 is 3.08 bits per heavy atom. The second kappa shape index (κ2) is 2.98. The van der Waals surface area contributed by atoms with Crippen LogP contribution in [-0.2, 0) is 0 Å². The first-order valence-electron chi connectivity index (χ1n) is 3.38. The maximum atomic E-state index is 10.7. The first-order chi connectivity index (χ1) is 6.29. The van der Waals surface area contributed by atoms with Crippen LogP contribution in [0.1, 0.15) is 9.67 Å². The molecule has 0 bridgehead atoms. The molecule has 0 radical (unpaired) electrons. The number of aromatic carboxylic acids is 1. The van der Waals surface area contributed by atoms with E-state index in [0.717, 1.165) is 11.5 Å². The van der Waals surface area contributed by atoms with Crippen LogP contribution < -0.4 is 0 Å². The third-order valence-electron chi connectivity index (χ3n) is 1.44. The smallest absolute Gasteiger partial charge is 0.349 e. The normalized spacial score (nSPS) is 10.2. The van der Waals surface area contributed by atoms with E-state index in [0.29, 0.717) is 5.76 Å². The van der Waals surface area contributed by atoms with E-state index in [9.17, 15) is 4.79 Å². The van der Waals surface area contributed by atoms with E-state index in [2.05, 4.69) is 9.59 Å². The second-order valence-electron chi connectivity index (χ2n) is 2.23. The van der Waals surface area contributed by atoms with Gasteiger partial charge in [0.25, 0.3) is 0 Å². The average Bonchev–Trinajstić information content (AvgIpc) is 2.74. The molecule has 6 heteroatoms. The molecule has 2 aromatic rings. The van der Waals surface area contributed by atoms with Crippen molar-refractivity contribution in [2.45, 2.75) is 0 Å². The van der Waals surface area contributed by atoms with Crippen molar-refractivity contribution in [1.29, 1.82) is 0 Å². The molecule has 0 aliphatic carbocycles. The van der Waals surface area contributed by atoms with Gasteiger partial charge in [-0.25, -0.2) is 4.79 Å². The molecule has 1 N–H and O–H groups in total. The van der Waals surface area contributed by atoms with Gasteiger partial charge in [-0.3, -0.25) is 0 Å². The zero-order valence-corrected chi connectivity index (χ0v) is 7.11. The summed E-state index contributed by atoms with van der Waals surface area (Å²) >= 11 is 0.835. The maximum Gasteiger partial charge on any atom is 0.349 e. The summed E-state index contributed by atoms with van der Waals surface area (Å²) in [5.74, 6) is -0.618. The summed E-state index contributed by atoms with van der Waals surface area (Å²) in [6.07, 6.45) is 1.46. The lowest BCUT2D eigenvalue weighted by Crippen LogP contribution is -1.94. The van der Waals surface area contributed by atoms with Crippen molar-refractivity contribution in [3.63, 3.8) is 0 Å². The molecular formula is C7H4N2O3S. The number of carbonyl (C=O) groups is 1. The summed E-state index contributed by atoms with van der Waals surface area (Å²) in [6, 6.07) is 3.31. The van der Waals surface area contributed by atoms with E-state index < -0.39 is 5.97 Å². The minimum absolute atomic E-state index is 0.0925. The molecule has 0 amide bonds. The van der Waals surface area contributed by atoms with Gasteiger partial charge in [-0.1, -0.05) is 4.49 Å². The molecule has 0 saturated carbocycles. The zero-order chi connectivity index (χ0) is 9.26. The molecule has 2 rings (SSSR count). The molecule has 66 valence electrons. The van der Waals surface area contributed by atoms with Crippen molar-refractivity contribution in [3.05, 3.63) is 23.3 Å². The zero-order valence-electron chi connectivity index (χ0n) is 6.30. The first-order valence-corrected chi connectivity index (χ1v) is 4.16. The van der Waals surface area contributed by atoms with Crippen LogP contribution in [-0.4, -0.2) is 20.7 Å². The third-order valence-corrected chi connectivity index (χ3v) is 2.15. The number of rotatable bonds is 2. The fourth-order valence-electron chi connectivity index (χ4n) is 0.906. The van der Waals surface area contributed by atoms with Gasteiger partial charge in [-0.05, 0) is 23.7 Å². The standard InChI is InChI=1S/C7H4N2O3S/c10-7(11)6-5(8-9-13-6)4-2-1-3-12-4/h1-3H,(H,10,11). The number of furan rings is 1. The van der Waals surface area contributed by atoms with E-state index in [1.807, 2.05) is 0 Å². The van der Waals surface area contributed by atoms with Crippen LogP contribution in [0, 0.1) is 0 Å². The molecule has 0 spiro atoms. The molecule has 0 saturated heterocycles. The van der Waals surface area contributed by atoms with Gasteiger partial charge in [0, 0.05) is 0 Å². The molecule has 0 fully saturated rings. The minimum Gasteiger partial charge on any atom is -0.477 e. The van der Waals surface area contributed by atoms with Crippen LogP contribution in [0.15, 0.2) is 22.8 Å². The van der Waals surface area contributed by atoms with Gasteiger partial charge in [0.2, 0.25) is 0 Å². The molecule has 0 aliphatic rings. The number of carboxylic acid groups (broad SMARTS) is 1. The molecular weight excluding hydrogens is 192 g/mol. The van der Waals surface area contributed by atoms with Crippen molar-refractivity contribution in [2.75, 3.05) is 0 Å². The SMILES string of the molecule is O=C(O)c1snnc1-c1ccco1. The average molecular weight is 196 g/mol. The van der Waals surface area contributed by atoms with Crippen LogP contribution in [0.4, 0.5) is 0 Å². The highest BCUT2D eigenvalue weighted by atomic mass is 32.1. The van der Waals surface area contributed by atoms with E-state index in [1.165, 1.54) is 6.26 Å². The van der Waals surface area contributed by atoms with Crippen LogP contribution in [0.2, 0.25) is 0 Å². The quantitative estimate of drug-likeness (QED) is 0.787. The monoisotopic (exact) mass is 196 g/mol. The molecule has 0 aliphatic heterocycles. The lowest BCUT2D eigenvalue weighted by Gasteiger charge is -1.89. The molecule has 2 aromatic heterocycles. The Hall–Kier alpha value is -1.69. The summed E-state index contributed by atoms with van der Waals surface area (Å²) in [6.45, 7) is 0. The van der Waals surface area contributed by atoms with Gasteiger partial charge in [0.1, 0.15) is 0 Å². The van der Waals surface area contributed by atoms with Gasteiger partial charge in [0.05, 0.1) is 6.26 Å². The lowest BCUT2D eigenvalue weighted by molar-refractivity contribution is 0.0702. The maximum absolute atomic E-state index is 10.7. The molecule has 0 unspecified atom stereocenters.